The summed E-state index contributed by atoms with van der Waals surface area (Å²) in [6, 6.07) is 7.30. The Morgan fingerprint density at radius 3 is 2.50 bits per heavy atom. The molecule has 0 heterocycles. The van der Waals surface area contributed by atoms with Crippen LogP contribution in [0.1, 0.15) is 11.1 Å². The number of aliphatic hydroxyl groups excluding tert-OH is 1. The second kappa shape index (κ2) is 5.19. The number of carbonyl (C=O) groups excluding carboxylic acids is 1. The van der Waals surface area contributed by atoms with Crippen molar-refractivity contribution in [2.75, 3.05) is 6.61 Å². The molecule has 1 rings (SSSR count). The fourth-order valence-electron chi connectivity index (χ4n) is 1.09. The lowest BCUT2D eigenvalue weighted by Gasteiger charge is -1.98. The Hall–Kier alpha value is -1.61. The van der Waals surface area contributed by atoms with Crippen molar-refractivity contribution in [1.29, 1.82) is 0 Å². The van der Waals surface area contributed by atoms with Gasteiger partial charge in [0.25, 0.3) is 0 Å². The van der Waals surface area contributed by atoms with Crippen LogP contribution in [0.25, 0.3) is 6.08 Å². The molecule has 0 saturated heterocycles. The van der Waals surface area contributed by atoms with E-state index in [2.05, 4.69) is 0 Å². The summed E-state index contributed by atoms with van der Waals surface area (Å²) in [5.41, 5.74) is 1.83. The fourth-order valence-corrected chi connectivity index (χ4v) is 1.09. The third-order valence-electron chi connectivity index (χ3n) is 1.79. The quantitative estimate of drug-likeness (QED) is 0.680. The summed E-state index contributed by atoms with van der Waals surface area (Å²) in [5.74, 6) is -1.20. The van der Waals surface area contributed by atoms with E-state index < -0.39 is 5.97 Å². The van der Waals surface area contributed by atoms with E-state index in [-0.39, 0.29) is 6.61 Å². The Morgan fingerprint density at radius 2 is 2.00 bits per heavy atom. The van der Waals surface area contributed by atoms with Crippen LogP contribution in [0.3, 0.4) is 0 Å². The Bertz CT molecular complexity index is 325. The maximum Gasteiger partial charge on any atom is 0.0643 e. The minimum atomic E-state index is -1.20. The minimum Gasteiger partial charge on any atom is -0.545 e. The molecule has 74 valence electrons. The molecule has 14 heavy (non-hydrogen) atoms. The van der Waals surface area contributed by atoms with Gasteiger partial charge in [-0.3, -0.25) is 0 Å². The van der Waals surface area contributed by atoms with Gasteiger partial charge < -0.3 is 15.0 Å². The van der Waals surface area contributed by atoms with E-state index >= 15 is 0 Å². The molecule has 0 aliphatic rings. The molecule has 0 bridgehead atoms. The van der Waals surface area contributed by atoms with Crippen molar-refractivity contribution in [3.8, 4) is 0 Å². The van der Waals surface area contributed by atoms with Crippen LogP contribution in [0.4, 0.5) is 0 Å². The monoisotopic (exact) mass is 191 g/mol. The minimum absolute atomic E-state index is 0.119. The van der Waals surface area contributed by atoms with Gasteiger partial charge in [0.2, 0.25) is 0 Å². The highest BCUT2D eigenvalue weighted by molar-refractivity contribution is 5.83. The molecule has 0 unspecified atom stereocenters. The fraction of sp³-hybridized carbons (Fsp3) is 0.182. The van der Waals surface area contributed by atoms with E-state index in [0.717, 1.165) is 17.2 Å². The van der Waals surface area contributed by atoms with Gasteiger partial charge in [0.15, 0.2) is 0 Å². The summed E-state index contributed by atoms with van der Waals surface area (Å²) in [7, 11) is 0. The highest BCUT2D eigenvalue weighted by atomic mass is 16.4. The van der Waals surface area contributed by atoms with Crippen LogP contribution in [-0.2, 0) is 11.2 Å². The molecule has 3 heteroatoms. The Balaban J connectivity index is 2.68. The number of aliphatic carboxylic acids is 1. The van der Waals surface area contributed by atoms with Gasteiger partial charge in [0, 0.05) is 6.61 Å². The normalized spacial score (nSPS) is 10.6. The molecule has 0 aliphatic heterocycles. The highest BCUT2D eigenvalue weighted by Crippen LogP contribution is 2.06. The summed E-state index contributed by atoms with van der Waals surface area (Å²) in [6.07, 6.45) is 3.07. The van der Waals surface area contributed by atoms with Gasteiger partial charge in [-0.05, 0) is 23.6 Å². The lowest BCUT2D eigenvalue weighted by Crippen LogP contribution is -2.18. The zero-order chi connectivity index (χ0) is 10.4. The molecule has 0 saturated carbocycles. The first-order chi connectivity index (χ1) is 6.72. The van der Waals surface area contributed by atoms with Gasteiger partial charge >= 0.3 is 0 Å². The first-order valence-electron chi connectivity index (χ1n) is 4.31. The van der Waals surface area contributed by atoms with E-state index in [1.165, 1.54) is 6.08 Å². The molecule has 1 N–H and O–H groups in total. The van der Waals surface area contributed by atoms with Crippen molar-refractivity contribution < 1.29 is 15.0 Å². The molecular weight excluding hydrogens is 180 g/mol. The van der Waals surface area contributed by atoms with Crippen LogP contribution in [0.15, 0.2) is 30.3 Å². The lowest BCUT2D eigenvalue weighted by atomic mass is 10.1. The Kier molecular flexibility index (Phi) is 3.88. The Morgan fingerprint density at radius 1 is 1.36 bits per heavy atom. The summed E-state index contributed by atoms with van der Waals surface area (Å²) in [4.78, 5) is 10.1. The maximum atomic E-state index is 10.1. The molecule has 0 aliphatic carbocycles. The number of rotatable bonds is 4. The van der Waals surface area contributed by atoms with Crippen molar-refractivity contribution in [1.82, 2.24) is 0 Å². The number of aliphatic hydroxyl groups is 1. The average molecular weight is 191 g/mol. The van der Waals surface area contributed by atoms with Crippen molar-refractivity contribution in [2.45, 2.75) is 6.42 Å². The van der Waals surface area contributed by atoms with Gasteiger partial charge in [-0.2, -0.15) is 0 Å². The first-order valence-corrected chi connectivity index (χ1v) is 4.31. The van der Waals surface area contributed by atoms with Crippen LogP contribution < -0.4 is 5.11 Å². The molecule has 0 radical (unpaired) electrons. The van der Waals surface area contributed by atoms with E-state index in [9.17, 15) is 9.90 Å². The third kappa shape index (κ3) is 3.41. The Labute approximate surface area is 82.3 Å². The number of hydrogen-bond donors (Lipinski definition) is 1. The van der Waals surface area contributed by atoms with Crippen LogP contribution >= 0.6 is 0 Å². The maximum absolute atomic E-state index is 10.1. The average Bonchev–Trinajstić information content (AvgIpc) is 2.17. The summed E-state index contributed by atoms with van der Waals surface area (Å²) in [5, 5.41) is 18.8. The zero-order valence-corrected chi connectivity index (χ0v) is 7.64. The first kappa shape index (κ1) is 10.5. The number of benzene rings is 1. The lowest BCUT2D eigenvalue weighted by molar-refractivity contribution is -0.297. The topological polar surface area (TPSA) is 60.4 Å². The number of carbonyl (C=O) groups is 1. The van der Waals surface area contributed by atoms with Crippen molar-refractivity contribution in [3.63, 3.8) is 0 Å². The van der Waals surface area contributed by atoms with E-state index in [0.29, 0.717) is 6.42 Å². The van der Waals surface area contributed by atoms with Crippen molar-refractivity contribution >= 4 is 12.0 Å². The standard InChI is InChI=1S/C11H12O3/c12-8-7-10-3-1-9(2-4-10)5-6-11(13)14/h1-6,12H,7-8H2,(H,13,14)/p-1/b6-5+. The summed E-state index contributed by atoms with van der Waals surface area (Å²) >= 11 is 0. The van der Waals surface area contributed by atoms with Gasteiger partial charge in [-0.25, -0.2) is 0 Å². The SMILES string of the molecule is O=C([O-])/C=C/c1ccc(CCO)cc1. The summed E-state index contributed by atoms with van der Waals surface area (Å²) in [6.45, 7) is 0.119. The zero-order valence-electron chi connectivity index (χ0n) is 7.64. The van der Waals surface area contributed by atoms with E-state index in [1.807, 2.05) is 12.1 Å². The molecule has 1 aromatic rings. The van der Waals surface area contributed by atoms with Gasteiger partial charge in [0.1, 0.15) is 0 Å². The predicted octanol–water partition coefficient (Wildman–Crippen LogP) is -0.0155. The van der Waals surface area contributed by atoms with Crippen molar-refractivity contribution in [3.05, 3.63) is 41.5 Å². The molecule has 0 atom stereocenters. The summed E-state index contributed by atoms with van der Waals surface area (Å²) < 4.78 is 0. The van der Waals surface area contributed by atoms with E-state index in [1.54, 1.807) is 12.1 Å². The number of carboxylic acids is 1. The van der Waals surface area contributed by atoms with Crippen LogP contribution in [-0.4, -0.2) is 17.7 Å². The molecule has 0 aromatic heterocycles. The van der Waals surface area contributed by atoms with Gasteiger partial charge in [0.05, 0.1) is 5.97 Å². The molecule has 0 amide bonds. The second-order valence-electron chi connectivity index (χ2n) is 2.87. The van der Waals surface area contributed by atoms with Gasteiger partial charge in [-0.1, -0.05) is 30.3 Å². The van der Waals surface area contributed by atoms with Crippen molar-refractivity contribution in [2.24, 2.45) is 0 Å². The highest BCUT2D eigenvalue weighted by Gasteiger charge is 1.90. The molecule has 0 spiro atoms. The molecule has 3 nitrogen and oxygen atoms in total. The van der Waals surface area contributed by atoms with Crippen LogP contribution in [0.2, 0.25) is 0 Å². The second-order valence-corrected chi connectivity index (χ2v) is 2.87. The molecule has 0 fully saturated rings. The molecular formula is C11H11O3-. The van der Waals surface area contributed by atoms with Crippen LogP contribution in [0.5, 0.6) is 0 Å². The molecule has 1 aromatic carbocycles. The number of hydrogen-bond acceptors (Lipinski definition) is 3. The third-order valence-corrected chi connectivity index (χ3v) is 1.79. The predicted molar refractivity (Wildman–Crippen MR) is 51.3 cm³/mol. The largest absolute Gasteiger partial charge is 0.545 e. The van der Waals surface area contributed by atoms with E-state index in [4.69, 9.17) is 5.11 Å². The van der Waals surface area contributed by atoms with Crippen LogP contribution in [0, 0.1) is 0 Å². The smallest absolute Gasteiger partial charge is 0.0643 e. The van der Waals surface area contributed by atoms with Gasteiger partial charge in [-0.15, -0.1) is 0 Å². The number of carboxylic acid groups (broad SMARTS) is 1.